The van der Waals surface area contributed by atoms with Crippen LogP contribution in [0.4, 0.5) is 22.0 Å². The number of carbonyl (C=O) groups excluding carboxylic acids is 1. The molecule has 0 fully saturated rings. The molecular weight excluding hydrogens is 247 g/mol. The number of pyridine rings is 1. The quantitative estimate of drug-likeness (QED) is 0.599. The molecular formula is C9H3F5N2O. The van der Waals surface area contributed by atoms with E-state index in [2.05, 4.69) is 4.98 Å². The first-order valence-corrected chi connectivity index (χ1v) is 4.06. The van der Waals surface area contributed by atoms with Crippen molar-refractivity contribution >= 4 is 6.29 Å². The van der Waals surface area contributed by atoms with Crippen molar-refractivity contribution in [2.24, 2.45) is 0 Å². The zero-order valence-corrected chi connectivity index (χ0v) is 7.92. The lowest BCUT2D eigenvalue weighted by atomic mass is 10.1. The second-order valence-electron chi connectivity index (χ2n) is 2.89. The molecule has 0 aliphatic carbocycles. The van der Waals surface area contributed by atoms with Gasteiger partial charge < -0.3 is 0 Å². The number of carbonyl (C=O) groups is 1. The predicted molar refractivity (Wildman–Crippen MR) is 44.3 cm³/mol. The van der Waals surface area contributed by atoms with E-state index in [1.54, 1.807) is 0 Å². The molecule has 3 nitrogen and oxygen atoms in total. The van der Waals surface area contributed by atoms with Crippen LogP contribution < -0.4 is 0 Å². The van der Waals surface area contributed by atoms with E-state index in [0.717, 1.165) is 0 Å². The fraction of sp³-hybridized carbons (Fsp3) is 0.222. The van der Waals surface area contributed by atoms with Gasteiger partial charge in [0.05, 0.1) is 11.1 Å². The SMILES string of the molecule is N#Cc1nc(C=O)c(C(F)(F)F)cc1C(F)F. The Morgan fingerprint density at radius 2 is 2.00 bits per heavy atom. The maximum absolute atomic E-state index is 12.4. The summed E-state index contributed by atoms with van der Waals surface area (Å²) in [5.41, 5.74) is -4.71. The zero-order chi connectivity index (χ0) is 13.2. The molecule has 1 aromatic heterocycles. The van der Waals surface area contributed by atoms with E-state index in [1.807, 2.05) is 0 Å². The van der Waals surface area contributed by atoms with E-state index in [1.165, 1.54) is 6.07 Å². The standard InChI is InChI=1S/C9H3F5N2O/c10-8(11)4-1-5(9(12,13)14)7(3-17)16-6(4)2-15/h1,3,8H. The summed E-state index contributed by atoms with van der Waals surface area (Å²) < 4.78 is 61.9. The van der Waals surface area contributed by atoms with Crippen LogP contribution >= 0.6 is 0 Å². The summed E-state index contributed by atoms with van der Waals surface area (Å²) in [6.07, 6.45) is -8.50. The summed E-state index contributed by atoms with van der Waals surface area (Å²) in [7, 11) is 0. The summed E-state index contributed by atoms with van der Waals surface area (Å²) in [6.45, 7) is 0. The second kappa shape index (κ2) is 4.45. The Kier molecular flexibility index (Phi) is 3.41. The van der Waals surface area contributed by atoms with Gasteiger partial charge in [-0.05, 0) is 6.07 Å². The molecule has 0 bridgehead atoms. The molecule has 0 radical (unpaired) electrons. The molecule has 0 saturated carbocycles. The lowest BCUT2D eigenvalue weighted by molar-refractivity contribution is -0.138. The number of rotatable bonds is 2. The van der Waals surface area contributed by atoms with E-state index in [4.69, 9.17) is 5.26 Å². The summed E-state index contributed by atoms with van der Waals surface area (Å²) in [4.78, 5) is 13.3. The first kappa shape index (κ1) is 13.0. The normalized spacial score (nSPS) is 11.4. The topological polar surface area (TPSA) is 53.8 Å². The number of hydrogen-bond donors (Lipinski definition) is 0. The summed E-state index contributed by atoms with van der Waals surface area (Å²) in [5.74, 6) is 0. The van der Waals surface area contributed by atoms with Crippen molar-refractivity contribution in [2.45, 2.75) is 12.6 Å². The van der Waals surface area contributed by atoms with Crippen molar-refractivity contribution in [3.05, 3.63) is 28.6 Å². The van der Waals surface area contributed by atoms with Crippen LogP contribution in [0.5, 0.6) is 0 Å². The van der Waals surface area contributed by atoms with Crippen LogP contribution in [0.3, 0.4) is 0 Å². The van der Waals surface area contributed by atoms with E-state index in [-0.39, 0.29) is 12.4 Å². The van der Waals surface area contributed by atoms with Crippen molar-refractivity contribution in [3.8, 4) is 6.07 Å². The highest BCUT2D eigenvalue weighted by molar-refractivity contribution is 5.75. The van der Waals surface area contributed by atoms with Crippen molar-refractivity contribution in [2.75, 3.05) is 0 Å². The summed E-state index contributed by atoms with van der Waals surface area (Å²) >= 11 is 0. The van der Waals surface area contributed by atoms with Crippen LogP contribution in [0.2, 0.25) is 0 Å². The fourth-order valence-electron chi connectivity index (χ4n) is 1.12. The summed E-state index contributed by atoms with van der Waals surface area (Å²) in [5, 5.41) is 8.44. The molecule has 1 rings (SSSR count). The molecule has 0 aliphatic heterocycles. The smallest absolute Gasteiger partial charge is 0.296 e. The Morgan fingerprint density at radius 3 is 2.35 bits per heavy atom. The van der Waals surface area contributed by atoms with Gasteiger partial charge in [-0.1, -0.05) is 0 Å². The van der Waals surface area contributed by atoms with E-state index in [9.17, 15) is 26.7 Å². The molecule has 90 valence electrons. The van der Waals surface area contributed by atoms with Crippen LogP contribution in [-0.4, -0.2) is 11.3 Å². The van der Waals surface area contributed by atoms with Crippen LogP contribution in [0.1, 0.15) is 33.7 Å². The lowest BCUT2D eigenvalue weighted by Gasteiger charge is -2.11. The van der Waals surface area contributed by atoms with Gasteiger partial charge in [0.2, 0.25) is 0 Å². The van der Waals surface area contributed by atoms with Gasteiger partial charge in [0.15, 0.2) is 6.29 Å². The van der Waals surface area contributed by atoms with Gasteiger partial charge in [0.25, 0.3) is 6.43 Å². The Morgan fingerprint density at radius 1 is 1.41 bits per heavy atom. The van der Waals surface area contributed by atoms with Gasteiger partial charge in [-0.25, -0.2) is 13.8 Å². The number of alkyl halides is 5. The molecule has 8 heteroatoms. The van der Waals surface area contributed by atoms with Crippen LogP contribution in [-0.2, 0) is 6.18 Å². The molecule has 0 aromatic carbocycles. The van der Waals surface area contributed by atoms with Crippen molar-refractivity contribution < 1.29 is 26.7 Å². The van der Waals surface area contributed by atoms with Crippen LogP contribution in [0, 0.1) is 11.3 Å². The maximum Gasteiger partial charge on any atom is 0.418 e. The minimum Gasteiger partial charge on any atom is -0.296 e. The van der Waals surface area contributed by atoms with Gasteiger partial charge in [0.1, 0.15) is 17.5 Å². The molecule has 0 saturated heterocycles. The van der Waals surface area contributed by atoms with E-state index in [0.29, 0.717) is 0 Å². The minimum absolute atomic E-state index is 0.0694. The number of nitriles is 1. The molecule has 1 heterocycles. The average molecular weight is 250 g/mol. The Balaban J connectivity index is 3.57. The first-order valence-electron chi connectivity index (χ1n) is 4.06. The van der Waals surface area contributed by atoms with Gasteiger partial charge in [0, 0.05) is 0 Å². The highest BCUT2D eigenvalue weighted by Crippen LogP contribution is 2.34. The Hall–Kier alpha value is -2.04. The number of aldehydes is 1. The third-order valence-electron chi connectivity index (χ3n) is 1.84. The van der Waals surface area contributed by atoms with Crippen LogP contribution in [0.25, 0.3) is 0 Å². The Bertz CT molecular complexity index is 489. The monoisotopic (exact) mass is 250 g/mol. The number of nitrogens with zero attached hydrogens (tertiary/aromatic N) is 2. The van der Waals surface area contributed by atoms with Crippen molar-refractivity contribution in [1.82, 2.24) is 4.98 Å². The first-order chi connectivity index (χ1) is 7.81. The molecule has 0 atom stereocenters. The van der Waals surface area contributed by atoms with Crippen molar-refractivity contribution in [1.29, 1.82) is 5.26 Å². The number of hydrogen-bond acceptors (Lipinski definition) is 3. The maximum atomic E-state index is 12.4. The molecule has 0 amide bonds. The number of halogens is 5. The van der Waals surface area contributed by atoms with Gasteiger partial charge >= 0.3 is 6.18 Å². The molecule has 1 aromatic rings. The highest BCUT2D eigenvalue weighted by atomic mass is 19.4. The molecule has 0 N–H and O–H groups in total. The Labute approximate surface area is 91.5 Å². The molecule has 0 unspecified atom stereocenters. The average Bonchev–Trinajstić information content (AvgIpc) is 2.25. The molecule has 0 aliphatic rings. The minimum atomic E-state index is -4.99. The third-order valence-corrected chi connectivity index (χ3v) is 1.84. The predicted octanol–water partition coefficient (Wildman–Crippen LogP) is 2.72. The summed E-state index contributed by atoms with van der Waals surface area (Å²) in [6, 6.07) is 1.28. The van der Waals surface area contributed by atoms with Gasteiger partial charge in [-0.15, -0.1) is 0 Å². The third kappa shape index (κ3) is 2.55. The largest absolute Gasteiger partial charge is 0.418 e. The highest BCUT2D eigenvalue weighted by Gasteiger charge is 2.36. The number of aromatic nitrogens is 1. The van der Waals surface area contributed by atoms with Gasteiger partial charge in [-0.2, -0.15) is 18.4 Å². The van der Waals surface area contributed by atoms with Gasteiger partial charge in [-0.3, -0.25) is 4.79 Å². The molecule has 17 heavy (non-hydrogen) atoms. The van der Waals surface area contributed by atoms with E-state index < -0.39 is 35.1 Å². The van der Waals surface area contributed by atoms with Crippen LogP contribution in [0.15, 0.2) is 6.07 Å². The zero-order valence-electron chi connectivity index (χ0n) is 7.92. The second-order valence-corrected chi connectivity index (χ2v) is 2.89. The fourth-order valence-corrected chi connectivity index (χ4v) is 1.12. The van der Waals surface area contributed by atoms with E-state index >= 15 is 0 Å². The lowest BCUT2D eigenvalue weighted by Crippen LogP contribution is -2.13. The van der Waals surface area contributed by atoms with Crippen molar-refractivity contribution in [3.63, 3.8) is 0 Å². The molecule has 0 spiro atoms.